The first-order valence-corrected chi connectivity index (χ1v) is 6.54. The summed E-state index contributed by atoms with van der Waals surface area (Å²) in [6, 6.07) is 5.79. The highest BCUT2D eigenvalue weighted by molar-refractivity contribution is 5.47. The second kappa shape index (κ2) is 5.21. The molecule has 4 heteroatoms. The molecular formula is C14H16N4. The minimum Gasteiger partial charge on any atom is -0.235 e. The van der Waals surface area contributed by atoms with E-state index in [1.54, 1.807) is 6.20 Å². The number of hydrogen-bond donors (Lipinski definition) is 0. The standard InChI is InChI=1S/C14H16N4/c1-2-5-11(6-3-1)12-8-10-15-14(17-12)13-7-4-9-16-18-13/h4,7-11H,1-3,5-6H2. The lowest BCUT2D eigenvalue weighted by Crippen LogP contribution is -2.07. The topological polar surface area (TPSA) is 51.6 Å². The van der Waals surface area contributed by atoms with E-state index in [1.807, 2.05) is 24.4 Å². The van der Waals surface area contributed by atoms with Crippen LogP contribution in [0.4, 0.5) is 0 Å². The number of nitrogens with zero attached hydrogens (tertiary/aromatic N) is 4. The summed E-state index contributed by atoms with van der Waals surface area (Å²) in [4.78, 5) is 8.94. The van der Waals surface area contributed by atoms with Crippen molar-refractivity contribution in [2.75, 3.05) is 0 Å². The lowest BCUT2D eigenvalue weighted by atomic mass is 9.87. The quantitative estimate of drug-likeness (QED) is 0.809. The van der Waals surface area contributed by atoms with E-state index in [0.717, 1.165) is 11.4 Å². The van der Waals surface area contributed by atoms with Crippen LogP contribution in [0.5, 0.6) is 0 Å². The van der Waals surface area contributed by atoms with Crippen molar-refractivity contribution >= 4 is 0 Å². The summed E-state index contributed by atoms with van der Waals surface area (Å²) < 4.78 is 0. The van der Waals surface area contributed by atoms with Crippen LogP contribution >= 0.6 is 0 Å². The molecule has 1 aliphatic rings. The van der Waals surface area contributed by atoms with E-state index in [1.165, 1.54) is 32.1 Å². The lowest BCUT2D eigenvalue weighted by molar-refractivity contribution is 0.436. The predicted molar refractivity (Wildman–Crippen MR) is 68.9 cm³/mol. The van der Waals surface area contributed by atoms with E-state index in [0.29, 0.717) is 11.7 Å². The van der Waals surface area contributed by atoms with E-state index >= 15 is 0 Å². The molecular weight excluding hydrogens is 224 g/mol. The highest BCUT2D eigenvalue weighted by Crippen LogP contribution is 2.31. The van der Waals surface area contributed by atoms with E-state index in [4.69, 9.17) is 0 Å². The summed E-state index contributed by atoms with van der Waals surface area (Å²) in [6.07, 6.45) is 9.98. The molecule has 92 valence electrons. The van der Waals surface area contributed by atoms with Gasteiger partial charge in [0.1, 0.15) is 5.69 Å². The van der Waals surface area contributed by atoms with Crippen molar-refractivity contribution < 1.29 is 0 Å². The van der Waals surface area contributed by atoms with E-state index < -0.39 is 0 Å². The van der Waals surface area contributed by atoms with E-state index in [9.17, 15) is 0 Å². The molecule has 18 heavy (non-hydrogen) atoms. The van der Waals surface area contributed by atoms with Crippen molar-refractivity contribution in [3.63, 3.8) is 0 Å². The molecule has 0 radical (unpaired) electrons. The monoisotopic (exact) mass is 240 g/mol. The Labute approximate surface area is 107 Å². The Hall–Kier alpha value is -1.84. The molecule has 1 fully saturated rings. The first-order valence-electron chi connectivity index (χ1n) is 6.54. The van der Waals surface area contributed by atoms with Gasteiger partial charge >= 0.3 is 0 Å². The Morgan fingerprint density at radius 1 is 1.00 bits per heavy atom. The first kappa shape index (κ1) is 11.3. The Balaban J connectivity index is 1.89. The molecule has 2 aromatic rings. The third-order valence-corrected chi connectivity index (χ3v) is 3.50. The third kappa shape index (κ3) is 2.37. The van der Waals surface area contributed by atoms with Crippen molar-refractivity contribution in [3.8, 4) is 11.5 Å². The summed E-state index contributed by atoms with van der Waals surface area (Å²) in [6.45, 7) is 0. The van der Waals surface area contributed by atoms with Gasteiger partial charge in [0.15, 0.2) is 5.82 Å². The molecule has 2 heterocycles. The van der Waals surface area contributed by atoms with Crippen LogP contribution in [0.2, 0.25) is 0 Å². The van der Waals surface area contributed by atoms with Crippen LogP contribution in [0.25, 0.3) is 11.5 Å². The summed E-state index contributed by atoms with van der Waals surface area (Å²) in [5, 5.41) is 7.93. The van der Waals surface area contributed by atoms with Gasteiger partial charge < -0.3 is 0 Å². The Morgan fingerprint density at radius 3 is 2.67 bits per heavy atom. The second-order valence-corrected chi connectivity index (χ2v) is 4.75. The molecule has 0 aliphatic heterocycles. The van der Waals surface area contributed by atoms with Gasteiger partial charge in [-0.05, 0) is 31.0 Å². The van der Waals surface area contributed by atoms with Crippen LogP contribution in [-0.4, -0.2) is 20.2 Å². The van der Waals surface area contributed by atoms with E-state index in [2.05, 4.69) is 20.2 Å². The van der Waals surface area contributed by atoms with Crippen molar-refractivity contribution in [1.82, 2.24) is 20.2 Å². The van der Waals surface area contributed by atoms with Gasteiger partial charge in [-0.2, -0.15) is 5.10 Å². The second-order valence-electron chi connectivity index (χ2n) is 4.75. The van der Waals surface area contributed by atoms with Gasteiger partial charge in [-0.1, -0.05) is 19.3 Å². The number of aromatic nitrogens is 4. The average molecular weight is 240 g/mol. The maximum atomic E-state index is 4.65. The molecule has 0 saturated heterocycles. The number of hydrogen-bond acceptors (Lipinski definition) is 4. The molecule has 1 saturated carbocycles. The molecule has 0 N–H and O–H groups in total. The normalized spacial score (nSPS) is 16.7. The molecule has 0 atom stereocenters. The zero-order valence-corrected chi connectivity index (χ0v) is 10.3. The fourth-order valence-corrected chi connectivity index (χ4v) is 2.54. The van der Waals surface area contributed by atoms with Crippen LogP contribution in [-0.2, 0) is 0 Å². The van der Waals surface area contributed by atoms with Crippen molar-refractivity contribution in [1.29, 1.82) is 0 Å². The average Bonchev–Trinajstić information content (AvgIpc) is 2.49. The van der Waals surface area contributed by atoms with Crippen LogP contribution in [0.3, 0.4) is 0 Å². The molecule has 3 rings (SSSR count). The molecule has 0 spiro atoms. The van der Waals surface area contributed by atoms with Gasteiger partial charge in [0.2, 0.25) is 0 Å². The van der Waals surface area contributed by atoms with Crippen LogP contribution in [0.15, 0.2) is 30.6 Å². The predicted octanol–water partition coefficient (Wildman–Crippen LogP) is 2.98. The molecule has 0 amide bonds. The van der Waals surface area contributed by atoms with Crippen molar-refractivity contribution in [2.24, 2.45) is 0 Å². The van der Waals surface area contributed by atoms with Gasteiger partial charge in [-0.25, -0.2) is 9.97 Å². The Bertz CT molecular complexity index is 506. The molecule has 4 nitrogen and oxygen atoms in total. The zero-order chi connectivity index (χ0) is 12.2. The maximum absolute atomic E-state index is 4.65. The maximum Gasteiger partial charge on any atom is 0.180 e. The van der Waals surface area contributed by atoms with E-state index in [-0.39, 0.29) is 0 Å². The van der Waals surface area contributed by atoms with Crippen molar-refractivity contribution in [3.05, 3.63) is 36.3 Å². The van der Waals surface area contributed by atoms with Crippen LogP contribution in [0.1, 0.15) is 43.7 Å². The fourth-order valence-electron chi connectivity index (χ4n) is 2.54. The third-order valence-electron chi connectivity index (χ3n) is 3.50. The lowest BCUT2D eigenvalue weighted by Gasteiger charge is -2.20. The van der Waals surface area contributed by atoms with Crippen LogP contribution in [0, 0.1) is 0 Å². The summed E-state index contributed by atoms with van der Waals surface area (Å²) >= 11 is 0. The number of rotatable bonds is 2. The molecule has 0 bridgehead atoms. The van der Waals surface area contributed by atoms with Gasteiger partial charge in [0, 0.05) is 24.0 Å². The molecule has 2 aromatic heterocycles. The molecule has 1 aliphatic carbocycles. The summed E-state index contributed by atoms with van der Waals surface area (Å²) in [5.74, 6) is 1.28. The van der Waals surface area contributed by atoms with Gasteiger partial charge in [-0.3, -0.25) is 0 Å². The summed E-state index contributed by atoms with van der Waals surface area (Å²) in [5.41, 5.74) is 1.90. The fraction of sp³-hybridized carbons (Fsp3) is 0.429. The van der Waals surface area contributed by atoms with Gasteiger partial charge in [-0.15, -0.1) is 5.10 Å². The highest BCUT2D eigenvalue weighted by atomic mass is 15.1. The zero-order valence-electron chi connectivity index (χ0n) is 10.3. The largest absolute Gasteiger partial charge is 0.235 e. The minimum absolute atomic E-state index is 0.595. The SMILES string of the molecule is c1cnnc(-c2nccc(C3CCCCC3)n2)c1. The Morgan fingerprint density at radius 2 is 1.89 bits per heavy atom. The summed E-state index contributed by atoms with van der Waals surface area (Å²) in [7, 11) is 0. The first-order chi connectivity index (χ1) is 8.93. The Kier molecular flexibility index (Phi) is 3.26. The van der Waals surface area contributed by atoms with Crippen LogP contribution < -0.4 is 0 Å². The smallest absolute Gasteiger partial charge is 0.180 e. The van der Waals surface area contributed by atoms with Crippen molar-refractivity contribution in [2.45, 2.75) is 38.0 Å². The van der Waals surface area contributed by atoms with Gasteiger partial charge in [0.05, 0.1) is 0 Å². The molecule has 0 unspecified atom stereocenters. The highest BCUT2D eigenvalue weighted by Gasteiger charge is 2.17. The molecule has 0 aromatic carbocycles. The van der Waals surface area contributed by atoms with Gasteiger partial charge in [0.25, 0.3) is 0 Å². The minimum atomic E-state index is 0.595.